The van der Waals surface area contributed by atoms with Crippen LogP contribution in [-0.4, -0.2) is 28.8 Å². The number of nitrogens with zero attached hydrogens (tertiary/aromatic N) is 1. The van der Waals surface area contributed by atoms with Gasteiger partial charge in [-0.15, -0.1) is 0 Å². The number of carbonyl (C=O) groups excluding carboxylic acids is 1. The zero-order chi connectivity index (χ0) is 11.4. The Hall–Kier alpha value is -1.63. The molecular weight excluding hydrogens is 222 g/mol. The van der Waals surface area contributed by atoms with Crippen molar-refractivity contribution in [2.24, 2.45) is 0 Å². The average Bonchev–Trinajstić information content (AvgIpc) is 2.46. The minimum atomic E-state index is -1.48. The quantitative estimate of drug-likeness (QED) is 0.796. The largest absolute Gasteiger partial charge is 0.512 e. The van der Waals surface area contributed by atoms with E-state index in [0.29, 0.717) is 5.01 Å². The van der Waals surface area contributed by atoms with E-state index in [-0.39, 0.29) is 17.4 Å². The van der Waals surface area contributed by atoms with E-state index in [4.69, 9.17) is 9.84 Å². The van der Waals surface area contributed by atoms with Gasteiger partial charge in [0.25, 0.3) is 0 Å². The van der Waals surface area contributed by atoms with Crippen molar-refractivity contribution in [2.75, 3.05) is 6.61 Å². The maximum absolute atomic E-state index is 11.3. The molecule has 0 spiro atoms. The van der Waals surface area contributed by atoms with Crippen molar-refractivity contribution in [3.05, 3.63) is 10.7 Å². The molecule has 0 amide bonds. The second-order valence-corrected chi connectivity index (χ2v) is 3.62. The van der Waals surface area contributed by atoms with Crippen LogP contribution < -0.4 is 4.74 Å². The third-order valence-electron chi connectivity index (χ3n) is 1.35. The molecule has 0 aliphatic heterocycles. The van der Waals surface area contributed by atoms with Gasteiger partial charge in [0, 0.05) is 0 Å². The van der Waals surface area contributed by atoms with Crippen LogP contribution >= 0.6 is 11.3 Å². The van der Waals surface area contributed by atoms with E-state index in [1.54, 1.807) is 13.8 Å². The van der Waals surface area contributed by atoms with Gasteiger partial charge in [0.15, 0.2) is 0 Å². The summed E-state index contributed by atoms with van der Waals surface area (Å²) in [7, 11) is 0. The molecule has 0 radical (unpaired) electrons. The Morgan fingerprint density at radius 2 is 2.20 bits per heavy atom. The summed E-state index contributed by atoms with van der Waals surface area (Å²) in [5, 5.41) is 8.90. The summed E-state index contributed by atoms with van der Waals surface area (Å²) in [6.07, 6.45) is -1.48. The van der Waals surface area contributed by atoms with Gasteiger partial charge in [0.05, 0.1) is 11.6 Å². The number of hydrogen-bond donors (Lipinski definition) is 1. The van der Waals surface area contributed by atoms with Gasteiger partial charge in [-0.25, -0.2) is 14.6 Å². The Morgan fingerprint density at radius 1 is 1.53 bits per heavy atom. The molecule has 15 heavy (non-hydrogen) atoms. The van der Waals surface area contributed by atoms with Crippen LogP contribution in [0.4, 0.5) is 4.79 Å². The number of esters is 1. The molecule has 0 saturated carbocycles. The van der Waals surface area contributed by atoms with Crippen LogP contribution in [0.25, 0.3) is 0 Å². The van der Waals surface area contributed by atoms with Gasteiger partial charge in [0.1, 0.15) is 0 Å². The van der Waals surface area contributed by atoms with Gasteiger partial charge < -0.3 is 14.6 Å². The molecule has 6 nitrogen and oxygen atoms in total. The second-order valence-electron chi connectivity index (χ2n) is 2.46. The van der Waals surface area contributed by atoms with E-state index in [9.17, 15) is 9.59 Å². The van der Waals surface area contributed by atoms with E-state index in [2.05, 4.69) is 9.72 Å². The van der Waals surface area contributed by atoms with Crippen molar-refractivity contribution in [1.82, 2.24) is 4.98 Å². The van der Waals surface area contributed by atoms with Gasteiger partial charge >= 0.3 is 12.1 Å². The summed E-state index contributed by atoms with van der Waals surface area (Å²) in [6.45, 7) is 3.48. The number of aromatic nitrogens is 1. The predicted octanol–water partition coefficient (Wildman–Crippen LogP) is 1.69. The van der Waals surface area contributed by atoms with Gasteiger partial charge in [-0.1, -0.05) is 11.3 Å². The Morgan fingerprint density at radius 3 is 2.73 bits per heavy atom. The molecule has 1 heterocycles. The summed E-state index contributed by atoms with van der Waals surface area (Å²) in [4.78, 5) is 25.5. The number of carbonyl (C=O) groups is 2. The molecule has 0 saturated heterocycles. The van der Waals surface area contributed by atoms with Gasteiger partial charge in [-0.3, -0.25) is 0 Å². The molecule has 1 aromatic heterocycles. The summed E-state index contributed by atoms with van der Waals surface area (Å²) >= 11 is 0.982. The van der Waals surface area contributed by atoms with Crippen LogP contribution in [0.5, 0.6) is 5.06 Å². The van der Waals surface area contributed by atoms with Crippen LogP contribution in [0.2, 0.25) is 0 Å². The smallest absolute Gasteiger partial charge is 0.461 e. The number of rotatable bonds is 3. The van der Waals surface area contributed by atoms with Crippen LogP contribution in [-0.2, 0) is 4.74 Å². The Bertz CT molecular complexity index is 386. The molecule has 0 aliphatic carbocycles. The van der Waals surface area contributed by atoms with Gasteiger partial charge in [-0.2, -0.15) is 0 Å². The number of carboxylic acid groups (broad SMARTS) is 1. The minimum Gasteiger partial charge on any atom is -0.461 e. The first kappa shape index (κ1) is 11.4. The third kappa shape index (κ3) is 2.91. The summed E-state index contributed by atoms with van der Waals surface area (Å²) in [5.74, 6) is -0.682. The third-order valence-corrected chi connectivity index (χ3v) is 2.20. The molecule has 7 heteroatoms. The van der Waals surface area contributed by atoms with Crippen molar-refractivity contribution in [3.63, 3.8) is 0 Å². The lowest BCUT2D eigenvalue weighted by atomic mass is 10.5. The van der Waals surface area contributed by atoms with E-state index < -0.39 is 12.1 Å². The Balaban J connectivity index is 2.95. The zero-order valence-corrected chi connectivity index (χ0v) is 8.96. The van der Waals surface area contributed by atoms with E-state index in [1.165, 1.54) is 0 Å². The molecule has 0 aromatic carbocycles. The molecule has 0 unspecified atom stereocenters. The topological polar surface area (TPSA) is 85.7 Å². The fourth-order valence-electron chi connectivity index (χ4n) is 0.885. The number of ether oxygens (including phenoxy) is 2. The maximum atomic E-state index is 11.3. The standard InChI is InChI=1S/C8H9NO5S/c1-3-13-6(10)5-7(14-8(11)12)15-4(2)9-5/h3H2,1-2H3,(H,11,12). The van der Waals surface area contributed by atoms with Gasteiger partial charge in [0.2, 0.25) is 10.8 Å². The van der Waals surface area contributed by atoms with Crippen molar-refractivity contribution in [2.45, 2.75) is 13.8 Å². The van der Waals surface area contributed by atoms with Crippen molar-refractivity contribution < 1.29 is 24.2 Å². The predicted molar refractivity (Wildman–Crippen MR) is 51.5 cm³/mol. The van der Waals surface area contributed by atoms with E-state index in [0.717, 1.165) is 11.3 Å². The first-order chi connectivity index (χ1) is 7.04. The summed E-state index contributed by atoms with van der Waals surface area (Å²) in [6, 6.07) is 0. The molecule has 82 valence electrons. The molecule has 0 bridgehead atoms. The van der Waals surface area contributed by atoms with E-state index >= 15 is 0 Å². The fourth-order valence-corrected chi connectivity index (χ4v) is 1.63. The lowest BCUT2D eigenvalue weighted by Gasteiger charge is -2.00. The summed E-state index contributed by atoms with van der Waals surface area (Å²) < 4.78 is 9.10. The number of aryl methyl sites for hydroxylation is 1. The molecule has 0 atom stereocenters. The molecule has 1 aromatic rings. The Labute approximate surface area is 89.5 Å². The average molecular weight is 231 g/mol. The van der Waals surface area contributed by atoms with Crippen molar-refractivity contribution in [3.8, 4) is 5.06 Å². The highest BCUT2D eigenvalue weighted by atomic mass is 32.1. The lowest BCUT2D eigenvalue weighted by Crippen LogP contribution is -2.09. The monoisotopic (exact) mass is 231 g/mol. The first-order valence-electron chi connectivity index (χ1n) is 4.10. The van der Waals surface area contributed by atoms with Crippen LogP contribution in [0.1, 0.15) is 22.4 Å². The van der Waals surface area contributed by atoms with Crippen LogP contribution in [0.3, 0.4) is 0 Å². The maximum Gasteiger partial charge on any atom is 0.512 e. The number of hydrogen-bond acceptors (Lipinski definition) is 6. The normalized spacial score (nSPS) is 9.73. The lowest BCUT2D eigenvalue weighted by molar-refractivity contribution is 0.0516. The summed E-state index contributed by atoms with van der Waals surface area (Å²) in [5.41, 5.74) is -0.0956. The van der Waals surface area contributed by atoms with Crippen LogP contribution in [0.15, 0.2) is 0 Å². The highest BCUT2D eigenvalue weighted by Gasteiger charge is 2.21. The minimum absolute atomic E-state index is 0.0570. The van der Waals surface area contributed by atoms with Gasteiger partial charge in [-0.05, 0) is 13.8 Å². The highest BCUT2D eigenvalue weighted by Crippen LogP contribution is 2.27. The number of thiazole rings is 1. The second kappa shape index (κ2) is 4.74. The van der Waals surface area contributed by atoms with E-state index in [1.807, 2.05) is 0 Å². The van der Waals surface area contributed by atoms with Crippen molar-refractivity contribution in [1.29, 1.82) is 0 Å². The molecular formula is C8H9NO5S. The fraction of sp³-hybridized carbons (Fsp3) is 0.375. The highest BCUT2D eigenvalue weighted by molar-refractivity contribution is 7.13. The molecule has 1 N–H and O–H groups in total. The van der Waals surface area contributed by atoms with Crippen molar-refractivity contribution >= 4 is 23.5 Å². The molecule has 0 fully saturated rings. The SMILES string of the molecule is CCOC(=O)c1nc(C)sc1OC(=O)O. The first-order valence-corrected chi connectivity index (χ1v) is 4.91. The molecule has 0 aliphatic rings. The van der Waals surface area contributed by atoms with Crippen LogP contribution in [0, 0.1) is 6.92 Å². The zero-order valence-electron chi connectivity index (χ0n) is 8.14. The Kier molecular flexibility index (Phi) is 3.62. The molecule has 1 rings (SSSR count).